The summed E-state index contributed by atoms with van der Waals surface area (Å²) in [5.74, 6) is 2.21. The minimum absolute atomic E-state index is 0.114. The van der Waals surface area contributed by atoms with E-state index < -0.39 is 0 Å². The number of para-hydroxylation sites is 1. The molecule has 130 valence electrons. The normalized spacial score (nSPS) is 11.8. The highest BCUT2D eigenvalue weighted by Crippen LogP contribution is 2.20. The zero-order valence-corrected chi connectivity index (χ0v) is 14.3. The number of carbonyl (C=O) groups excluding carboxylic acids is 1. The maximum Gasteiger partial charge on any atom is 0.318 e. The van der Waals surface area contributed by atoms with Gasteiger partial charge in [0.2, 0.25) is 0 Å². The van der Waals surface area contributed by atoms with Crippen molar-refractivity contribution in [1.82, 2.24) is 10.2 Å². The summed E-state index contributed by atoms with van der Waals surface area (Å²) in [6.45, 7) is 4.18. The first-order valence-corrected chi connectivity index (χ1v) is 7.89. The number of nitrogens with one attached hydrogen (secondary N) is 1. The zero-order valence-electron chi connectivity index (χ0n) is 14.3. The predicted octanol–water partition coefficient (Wildman–Crippen LogP) is 2.86. The Morgan fingerprint density at radius 2 is 2.08 bits per heavy atom. The fourth-order valence-electron chi connectivity index (χ4n) is 2.45. The molecular weight excluding hydrogens is 308 g/mol. The molecule has 0 aliphatic rings. The van der Waals surface area contributed by atoms with Gasteiger partial charge >= 0.3 is 6.03 Å². The molecule has 0 saturated heterocycles. The number of hydrogen-bond donors (Lipinski definition) is 2. The van der Waals surface area contributed by atoms with Gasteiger partial charge in [-0.1, -0.05) is 18.2 Å². The topological polar surface area (TPSA) is 74.9 Å². The van der Waals surface area contributed by atoms with Crippen LogP contribution in [0.2, 0.25) is 0 Å². The Bertz CT molecular complexity index is 669. The molecule has 1 unspecified atom stereocenters. The van der Waals surface area contributed by atoms with Crippen LogP contribution in [0.3, 0.4) is 0 Å². The quantitative estimate of drug-likeness (QED) is 0.817. The highest BCUT2D eigenvalue weighted by Gasteiger charge is 2.19. The molecule has 2 aromatic rings. The summed E-state index contributed by atoms with van der Waals surface area (Å²) in [6, 6.07) is 10.7. The molecule has 0 fully saturated rings. The number of carbonyl (C=O) groups is 1. The molecule has 0 radical (unpaired) electrons. The number of ether oxygens (including phenoxy) is 1. The third-order valence-electron chi connectivity index (χ3n) is 3.74. The monoisotopic (exact) mass is 332 g/mol. The molecule has 0 aliphatic heterocycles. The van der Waals surface area contributed by atoms with Crippen molar-refractivity contribution in [3.63, 3.8) is 0 Å². The molecule has 24 heavy (non-hydrogen) atoms. The molecule has 0 saturated carbocycles. The van der Waals surface area contributed by atoms with E-state index in [4.69, 9.17) is 9.15 Å². The molecule has 2 amide bonds. The fraction of sp³-hybridized carbons (Fsp3) is 0.389. The molecule has 1 atom stereocenters. The summed E-state index contributed by atoms with van der Waals surface area (Å²) < 4.78 is 10.9. The van der Waals surface area contributed by atoms with Gasteiger partial charge in [-0.05, 0) is 32.0 Å². The van der Waals surface area contributed by atoms with Gasteiger partial charge in [0, 0.05) is 12.1 Å². The van der Waals surface area contributed by atoms with Crippen molar-refractivity contribution < 1.29 is 19.1 Å². The van der Waals surface area contributed by atoms with E-state index in [-0.39, 0.29) is 25.2 Å². The van der Waals surface area contributed by atoms with Crippen LogP contribution in [-0.2, 0) is 6.54 Å². The number of aliphatic hydroxyl groups is 1. The van der Waals surface area contributed by atoms with E-state index in [0.29, 0.717) is 18.1 Å². The Kier molecular flexibility index (Phi) is 6.26. The maximum atomic E-state index is 12.5. The summed E-state index contributed by atoms with van der Waals surface area (Å²) in [6.07, 6.45) is 0. The molecule has 0 bridgehead atoms. The highest BCUT2D eigenvalue weighted by molar-refractivity contribution is 5.74. The van der Waals surface area contributed by atoms with Crippen LogP contribution in [0.5, 0.6) is 5.75 Å². The molecule has 1 heterocycles. The van der Waals surface area contributed by atoms with Gasteiger partial charge in [-0.2, -0.15) is 0 Å². The Labute approximate surface area is 142 Å². The largest absolute Gasteiger partial charge is 0.496 e. The van der Waals surface area contributed by atoms with Gasteiger partial charge in [-0.25, -0.2) is 4.79 Å². The van der Waals surface area contributed by atoms with Crippen LogP contribution in [0.15, 0.2) is 40.8 Å². The van der Waals surface area contributed by atoms with Crippen molar-refractivity contribution in [2.75, 3.05) is 20.3 Å². The van der Waals surface area contributed by atoms with Crippen LogP contribution in [0.25, 0.3) is 0 Å². The first kappa shape index (κ1) is 17.9. The van der Waals surface area contributed by atoms with Crippen molar-refractivity contribution in [3.05, 3.63) is 53.5 Å². The van der Waals surface area contributed by atoms with Crippen LogP contribution >= 0.6 is 0 Å². The zero-order chi connectivity index (χ0) is 17.5. The molecule has 1 aromatic heterocycles. The van der Waals surface area contributed by atoms with Crippen molar-refractivity contribution in [3.8, 4) is 5.75 Å². The summed E-state index contributed by atoms with van der Waals surface area (Å²) >= 11 is 0. The van der Waals surface area contributed by atoms with E-state index in [1.54, 1.807) is 12.0 Å². The molecular formula is C18H24N2O4. The third kappa shape index (κ3) is 4.52. The van der Waals surface area contributed by atoms with Gasteiger partial charge in [-0.3, -0.25) is 0 Å². The van der Waals surface area contributed by atoms with E-state index in [2.05, 4.69) is 5.32 Å². The number of rotatable bonds is 7. The first-order chi connectivity index (χ1) is 11.5. The Morgan fingerprint density at radius 1 is 1.33 bits per heavy atom. The lowest BCUT2D eigenvalue weighted by Gasteiger charge is -2.25. The molecule has 6 nitrogen and oxygen atoms in total. The molecule has 2 rings (SSSR count). The lowest BCUT2D eigenvalue weighted by atomic mass is 10.2. The van der Waals surface area contributed by atoms with Gasteiger partial charge in [0.05, 0.1) is 26.3 Å². The lowest BCUT2D eigenvalue weighted by Crippen LogP contribution is -2.42. The summed E-state index contributed by atoms with van der Waals surface area (Å²) in [5, 5.41) is 12.2. The number of urea groups is 1. The second kappa shape index (κ2) is 8.40. The maximum absolute atomic E-state index is 12.5. The van der Waals surface area contributed by atoms with Gasteiger partial charge in [0.15, 0.2) is 0 Å². The summed E-state index contributed by atoms with van der Waals surface area (Å²) in [5.41, 5.74) is 0.880. The second-order valence-electron chi connectivity index (χ2n) is 5.58. The number of amides is 2. The average Bonchev–Trinajstić information content (AvgIpc) is 3.01. The van der Waals surface area contributed by atoms with Crippen LogP contribution < -0.4 is 10.1 Å². The molecule has 0 spiro atoms. The van der Waals surface area contributed by atoms with E-state index in [1.807, 2.05) is 50.2 Å². The predicted molar refractivity (Wildman–Crippen MR) is 90.9 cm³/mol. The number of nitrogens with zero attached hydrogens (tertiary/aromatic N) is 1. The van der Waals surface area contributed by atoms with E-state index in [1.165, 1.54) is 0 Å². The van der Waals surface area contributed by atoms with Crippen LogP contribution in [-0.4, -0.2) is 36.3 Å². The Hall–Kier alpha value is -2.47. The fourth-order valence-corrected chi connectivity index (χ4v) is 2.45. The summed E-state index contributed by atoms with van der Waals surface area (Å²) in [4.78, 5) is 14.1. The van der Waals surface area contributed by atoms with Crippen molar-refractivity contribution >= 4 is 6.03 Å². The number of aliphatic hydroxyl groups excluding tert-OH is 1. The minimum Gasteiger partial charge on any atom is -0.496 e. The number of hydrogen-bond acceptors (Lipinski definition) is 4. The van der Waals surface area contributed by atoms with Crippen LogP contribution in [0, 0.1) is 6.92 Å². The Morgan fingerprint density at radius 3 is 2.71 bits per heavy atom. The van der Waals surface area contributed by atoms with Crippen molar-refractivity contribution in [2.45, 2.75) is 26.4 Å². The van der Waals surface area contributed by atoms with E-state index in [0.717, 1.165) is 11.3 Å². The third-order valence-corrected chi connectivity index (χ3v) is 3.74. The van der Waals surface area contributed by atoms with Gasteiger partial charge in [0.25, 0.3) is 0 Å². The second-order valence-corrected chi connectivity index (χ2v) is 5.58. The summed E-state index contributed by atoms with van der Waals surface area (Å²) in [7, 11) is 1.59. The standard InChI is InChI=1S/C18H24N2O4/c1-13-8-9-16(24-13)14(2)19-18(22)20(10-11-21)12-15-6-4-5-7-17(15)23-3/h4-9,14,21H,10-12H2,1-3H3,(H,19,22). The SMILES string of the molecule is COc1ccccc1CN(CCO)C(=O)NC(C)c1ccc(C)o1. The highest BCUT2D eigenvalue weighted by atomic mass is 16.5. The average molecular weight is 332 g/mol. The number of methoxy groups -OCH3 is 1. The van der Waals surface area contributed by atoms with Crippen LogP contribution in [0.4, 0.5) is 4.79 Å². The van der Waals surface area contributed by atoms with Crippen molar-refractivity contribution in [2.24, 2.45) is 0 Å². The number of aryl methyl sites for hydroxylation is 1. The van der Waals surface area contributed by atoms with Gasteiger partial charge < -0.3 is 24.5 Å². The smallest absolute Gasteiger partial charge is 0.318 e. The van der Waals surface area contributed by atoms with E-state index >= 15 is 0 Å². The van der Waals surface area contributed by atoms with Crippen molar-refractivity contribution in [1.29, 1.82) is 0 Å². The number of furan rings is 1. The molecule has 0 aliphatic carbocycles. The first-order valence-electron chi connectivity index (χ1n) is 7.89. The number of benzene rings is 1. The molecule has 6 heteroatoms. The minimum atomic E-state index is -0.267. The Balaban J connectivity index is 2.07. The molecule has 1 aromatic carbocycles. The van der Waals surface area contributed by atoms with Gasteiger partial charge in [0.1, 0.15) is 17.3 Å². The van der Waals surface area contributed by atoms with E-state index in [9.17, 15) is 9.90 Å². The lowest BCUT2D eigenvalue weighted by molar-refractivity contribution is 0.169. The molecule has 2 N–H and O–H groups in total. The van der Waals surface area contributed by atoms with Crippen LogP contribution in [0.1, 0.15) is 30.0 Å². The van der Waals surface area contributed by atoms with Gasteiger partial charge in [-0.15, -0.1) is 0 Å².